The monoisotopic (exact) mass is 261 g/mol. The summed E-state index contributed by atoms with van der Waals surface area (Å²) in [5, 5.41) is 2.18. The largest absolute Gasteiger partial charge is 0.307 e. The van der Waals surface area contributed by atoms with Crippen LogP contribution in [0, 0.1) is 0 Å². The zero-order valence-corrected chi connectivity index (χ0v) is 10.8. The molecule has 2 aromatic rings. The summed E-state index contributed by atoms with van der Waals surface area (Å²) in [5.74, 6) is 5.86. The molecule has 94 valence electrons. The lowest BCUT2D eigenvalue weighted by molar-refractivity contribution is 0.244. The van der Waals surface area contributed by atoms with Crippen LogP contribution < -0.4 is 11.3 Å². The number of anilines is 1. The molecular weight excluding hydrogens is 246 g/mol. The number of nitrogens with one attached hydrogen (secondary N) is 1. The van der Waals surface area contributed by atoms with Gasteiger partial charge in [-0.3, -0.25) is 9.88 Å². The van der Waals surface area contributed by atoms with E-state index in [0.29, 0.717) is 5.82 Å². The van der Waals surface area contributed by atoms with Gasteiger partial charge in [-0.25, -0.2) is 10.8 Å². The van der Waals surface area contributed by atoms with E-state index in [0.717, 1.165) is 31.7 Å². The van der Waals surface area contributed by atoms with Crippen LogP contribution in [0.5, 0.6) is 0 Å². The van der Waals surface area contributed by atoms with E-state index in [2.05, 4.69) is 31.7 Å². The summed E-state index contributed by atoms with van der Waals surface area (Å²) in [4.78, 5) is 12.4. The molecule has 0 saturated heterocycles. The number of hydrogen-bond acceptors (Lipinski definition) is 6. The Kier molecular flexibility index (Phi) is 3.22. The summed E-state index contributed by atoms with van der Waals surface area (Å²) >= 11 is 1.86. The summed E-state index contributed by atoms with van der Waals surface area (Å²) in [6.45, 7) is 2.94. The van der Waals surface area contributed by atoms with Crippen LogP contribution in [0.25, 0.3) is 0 Å². The lowest BCUT2D eigenvalue weighted by Crippen LogP contribution is -2.29. The molecule has 1 aliphatic rings. The smallest absolute Gasteiger partial charge is 0.158 e. The molecule has 0 aliphatic carbocycles. The van der Waals surface area contributed by atoms with Crippen molar-refractivity contribution in [3.8, 4) is 0 Å². The Hall–Kier alpha value is -1.50. The molecule has 0 spiro atoms. The molecule has 18 heavy (non-hydrogen) atoms. The second-order valence-electron chi connectivity index (χ2n) is 4.37. The van der Waals surface area contributed by atoms with E-state index >= 15 is 0 Å². The van der Waals surface area contributed by atoms with Crippen molar-refractivity contribution < 1.29 is 0 Å². The Morgan fingerprint density at radius 1 is 1.39 bits per heavy atom. The molecule has 3 rings (SSSR count). The molecule has 0 radical (unpaired) electrons. The summed E-state index contributed by atoms with van der Waals surface area (Å²) in [6.07, 6.45) is 4.58. The van der Waals surface area contributed by atoms with Crippen molar-refractivity contribution in [2.24, 2.45) is 5.84 Å². The predicted octanol–water partition coefficient (Wildman–Crippen LogP) is 1.38. The van der Waals surface area contributed by atoms with Gasteiger partial charge in [-0.05, 0) is 23.4 Å². The maximum Gasteiger partial charge on any atom is 0.158 e. The van der Waals surface area contributed by atoms with Crippen molar-refractivity contribution in [1.82, 2.24) is 14.9 Å². The van der Waals surface area contributed by atoms with Gasteiger partial charge in [0.1, 0.15) is 0 Å². The van der Waals surface area contributed by atoms with E-state index < -0.39 is 0 Å². The first-order chi connectivity index (χ1) is 8.85. The normalized spacial score (nSPS) is 15.4. The number of rotatable bonds is 3. The van der Waals surface area contributed by atoms with E-state index in [-0.39, 0.29) is 0 Å². The average molecular weight is 261 g/mol. The van der Waals surface area contributed by atoms with Crippen LogP contribution in [0.2, 0.25) is 0 Å². The highest BCUT2D eigenvalue weighted by Crippen LogP contribution is 2.24. The van der Waals surface area contributed by atoms with Crippen LogP contribution in [0.3, 0.4) is 0 Å². The van der Waals surface area contributed by atoms with Crippen LogP contribution >= 0.6 is 11.3 Å². The van der Waals surface area contributed by atoms with E-state index in [1.165, 1.54) is 10.4 Å². The van der Waals surface area contributed by atoms with Gasteiger partial charge >= 0.3 is 0 Å². The standard InChI is InChI=1S/C12H15N5S/c13-16-12-6-14-10(5-15-12)8-17-3-1-11-9(7-17)2-4-18-11/h2,4-6H,1,3,7-8,13H2,(H,15,16). The first-order valence-corrected chi connectivity index (χ1v) is 6.78. The molecule has 2 aromatic heterocycles. The van der Waals surface area contributed by atoms with Gasteiger partial charge in [0.15, 0.2) is 5.82 Å². The molecule has 5 nitrogen and oxygen atoms in total. The minimum absolute atomic E-state index is 0.595. The number of fused-ring (bicyclic) bond motifs is 1. The number of hydrazine groups is 1. The van der Waals surface area contributed by atoms with E-state index in [1.54, 1.807) is 12.4 Å². The minimum Gasteiger partial charge on any atom is -0.307 e. The van der Waals surface area contributed by atoms with Gasteiger partial charge in [-0.15, -0.1) is 11.3 Å². The Morgan fingerprint density at radius 2 is 2.33 bits per heavy atom. The highest BCUT2D eigenvalue weighted by Gasteiger charge is 2.17. The van der Waals surface area contributed by atoms with Gasteiger partial charge in [0, 0.05) is 24.5 Å². The minimum atomic E-state index is 0.595. The highest BCUT2D eigenvalue weighted by atomic mass is 32.1. The molecule has 0 unspecified atom stereocenters. The Balaban J connectivity index is 1.67. The Morgan fingerprint density at radius 3 is 3.11 bits per heavy atom. The maximum absolute atomic E-state index is 5.26. The number of aromatic nitrogens is 2. The number of thiophene rings is 1. The number of nitrogen functional groups attached to an aromatic ring is 1. The van der Waals surface area contributed by atoms with Gasteiger partial charge in [-0.1, -0.05) is 0 Å². The quantitative estimate of drug-likeness (QED) is 0.645. The van der Waals surface area contributed by atoms with E-state index in [1.807, 2.05) is 11.3 Å². The van der Waals surface area contributed by atoms with Crippen LogP contribution in [-0.2, 0) is 19.5 Å². The first-order valence-electron chi connectivity index (χ1n) is 5.90. The fraction of sp³-hybridized carbons (Fsp3) is 0.333. The average Bonchev–Trinajstić information content (AvgIpc) is 2.87. The van der Waals surface area contributed by atoms with Gasteiger partial charge < -0.3 is 5.43 Å². The van der Waals surface area contributed by atoms with Crippen molar-refractivity contribution in [3.63, 3.8) is 0 Å². The van der Waals surface area contributed by atoms with Crippen molar-refractivity contribution in [3.05, 3.63) is 40.0 Å². The number of nitrogens with two attached hydrogens (primary N) is 1. The second-order valence-corrected chi connectivity index (χ2v) is 5.37. The lowest BCUT2D eigenvalue weighted by Gasteiger charge is -2.26. The van der Waals surface area contributed by atoms with Gasteiger partial charge in [-0.2, -0.15) is 0 Å². The van der Waals surface area contributed by atoms with E-state index in [9.17, 15) is 0 Å². The summed E-state index contributed by atoms with van der Waals surface area (Å²) < 4.78 is 0. The van der Waals surface area contributed by atoms with Crippen LogP contribution in [0.15, 0.2) is 23.8 Å². The third kappa shape index (κ3) is 2.35. The summed E-state index contributed by atoms with van der Waals surface area (Å²) in [6, 6.07) is 2.22. The van der Waals surface area contributed by atoms with Crippen molar-refractivity contribution in [2.75, 3.05) is 12.0 Å². The van der Waals surface area contributed by atoms with Crippen LogP contribution in [-0.4, -0.2) is 21.4 Å². The lowest BCUT2D eigenvalue weighted by atomic mass is 10.1. The molecule has 3 N–H and O–H groups in total. The van der Waals surface area contributed by atoms with Crippen molar-refractivity contribution >= 4 is 17.2 Å². The van der Waals surface area contributed by atoms with Crippen molar-refractivity contribution in [1.29, 1.82) is 0 Å². The highest BCUT2D eigenvalue weighted by molar-refractivity contribution is 7.10. The SMILES string of the molecule is NNc1cnc(CN2CCc3sccc3C2)cn1. The molecule has 0 amide bonds. The van der Waals surface area contributed by atoms with Crippen LogP contribution in [0.1, 0.15) is 16.1 Å². The van der Waals surface area contributed by atoms with Crippen LogP contribution in [0.4, 0.5) is 5.82 Å². The number of nitrogens with zero attached hydrogens (tertiary/aromatic N) is 3. The Labute approximate surface area is 110 Å². The van der Waals surface area contributed by atoms with Gasteiger partial charge in [0.25, 0.3) is 0 Å². The maximum atomic E-state index is 5.26. The molecule has 3 heterocycles. The zero-order chi connectivity index (χ0) is 12.4. The molecule has 0 bridgehead atoms. The molecule has 6 heteroatoms. The molecule has 0 fully saturated rings. The fourth-order valence-electron chi connectivity index (χ4n) is 2.18. The van der Waals surface area contributed by atoms with Gasteiger partial charge in [0.2, 0.25) is 0 Å². The zero-order valence-electron chi connectivity index (χ0n) is 9.97. The molecular formula is C12H15N5S. The third-order valence-electron chi connectivity index (χ3n) is 3.13. The summed E-state index contributed by atoms with van der Waals surface area (Å²) in [7, 11) is 0. The van der Waals surface area contributed by atoms with E-state index in [4.69, 9.17) is 5.84 Å². The Bertz CT molecular complexity index is 522. The molecule has 1 aliphatic heterocycles. The molecule has 0 aromatic carbocycles. The fourth-order valence-corrected chi connectivity index (χ4v) is 3.07. The number of hydrogen-bond donors (Lipinski definition) is 2. The first kappa shape index (κ1) is 11.6. The topological polar surface area (TPSA) is 67.1 Å². The molecule has 0 atom stereocenters. The third-order valence-corrected chi connectivity index (χ3v) is 4.15. The molecule has 0 saturated carbocycles. The predicted molar refractivity (Wildman–Crippen MR) is 72.0 cm³/mol. The summed E-state index contributed by atoms with van der Waals surface area (Å²) in [5.41, 5.74) is 4.92. The van der Waals surface area contributed by atoms with Gasteiger partial charge in [0.05, 0.1) is 18.1 Å². The second kappa shape index (κ2) is 5.01. The van der Waals surface area contributed by atoms with Crippen molar-refractivity contribution in [2.45, 2.75) is 19.5 Å².